The largest absolute Gasteiger partial charge is 1.00 e. The molecule has 2 unspecified atom stereocenters. The molecule has 2 N–H and O–H groups in total. The molecule has 0 saturated heterocycles. The Morgan fingerprint density at radius 1 is 0.900 bits per heavy atom. The molecule has 0 rings (SSSR count). The van der Waals surface area contributed by atoms with Crippen molar-refractivity contribution in [2.24, 2.45) is 0 Å². The van der Waals surface area contributed by atoms with Crippen LogP contribution in [0, 0.1) is 0 Å². The van der Waals surface area contributed by atoms with E-state index in [1.165, 1.54) is 0 Å². The van der Waals surface area contributed by atoms with Gasteiger partial charge in [0.15, 0.2) is 0 Å². The predicted molar refractivity (Wildman–Crippen MR) is 23.1 cm³/mol. The average Bonchev–Trinajstić information content (AvgIpc) is 1.72. The van der Waals surface area contributed by atoms with Crippen LogP contribution in [0.2, 0.25) is 0 Å². The minimum atomic E-state index is -2.95. The van der Waals surface area contributed by atoms with Gasteiger partial charge in [-0.25, -0.2) is 0 Å². The van der Waals surface area contributed by atoms with Gasteiger partial charge in [-0.3, -0.25) is 18.9 Å². The molecule has 52 valence electrons. The molecule has 2 atom stereocenters. The molecular formula is H2Na2O6S2. The Hall–Kier alpha value is 2.14. The molecule has 0 aliphatic carbocycles. The zero-order valence-electron chi connectivity index (χ0n) is 5.34. The van der Waals surface area contributed by atoms with Gasteiger partial charge in [0.1, 0.15) is 0 Å². The van der Waals surface area contributed by atoms with Crippen LogP contribution in [0.15, 0.2) is 0 Å². The van der Waals surface area contributed by atoms with E-state index in [1.54, 1.807) is 0 Å². The van der Waals surface area contributed by atoms with Gasteiger partial charge >= 0.3 is 59.1 Å². The molecule has 0 heterocycles. The number of rotatable bonds is 1. The third kappa shape index (κ3) is 22.5. The van der Waals surface area contributed by atoms with Crippen LogP contribution in [-0.2, 0) is 20.2 Å². The van der Waals surface area contributed by atoms with E-state index in [9.17, 15) is 0 Å². The molecule has 6 nitrogen and oxygen atoms in total. The minimum Gasteiger partial charge on any atom is -0.763 e. The maximum atomic E-state index is 9.09. The molecule has 0 saturated carbocycles. The van der Waals surface area contributed by atoms with Gasteiger partial charge < -0.3 is 9.11 Å². The summed E-state index contributed by atoms with van der Waals surface area (Å²) in [6.45, 7) is 0. The molecule has 0 bridgehead atoms. The Morgan fingerprint density at radius 2 is 1.00 bits per heavy atom. The van der Waals surface area contributed by atoms with E-state index in [1.807, 2.05) is 0 Å². The summed E-state index contributed by atoms with van der Waals surface area (Å²) >= 11 is 0. The molecule has 0 aromatic heterocycles. The number of hydrogen-bond acceptors (Lipinski definition) is 6. The fraction of sp³-hybridized carbons (Fsp3) is 0. The Labute approximate surface area is 106 Å². The first kappa shape index (κ1) is 22.7. The molecule has 0 aliphatic heterocycles. The summed E-state index contributed by atoms with van der Waals surface area (Å²) in [4.78, 5) is 0. The summed E-state index contributed by atoms with van der Waals surface area (Å²) < 4.78 is 36.3. The van der Waals surface area contributed by atoms with E-state index in [0.717, 1.165) is 0 Å². The summed E-state index contributed by atoms with van der Waals surface area (Å²) in [6.07, 6.45) is 0. The molecule has 0 aromatic carbocycles. The Kier molecular flexibility index (Phi) is 39.3. The quantitative estimate of drug-likeness (QED) is 0.145. The molecule has 10 heavy (non-hydrogen) atoms. The normalized spacial score (nSPS) is 12.4. The van der Waals surface area contributed by atoms with Crippen molar-refractivity contribution in [3.8, 4) is 0 Å². The van der Waals surface area contributed by atoms with E-state index in [4.69, 9.17) is 28.0 Å². The second kappa shape index (κ2) is 17.3. The first-order valence-electron chi connectivity index (χ1n) is 1.03. The smallest absolute Gasteiger partial charge is 0.763 e. The second-order valence-corrected chi connectivity index (χ2v) is 2.86. The Balaban J connectivity index is -0.0000000412. The monoisotopic (exact) mass is 208 g/mol. The first-order valence-corrected chi connectivity index (χ1v) is 3.70. The van der Waals surface area contributed by atoms with Gasteiger partial charge in [-0.1, -0.05) is 0 Å². The molecular weight excluding hydrogens is 206 g/mol. The van der Waals surface area contributed by atoms with Crippen molar-refractivity contribution in [3.63, 3.8) is 0 Å². The zero-order valence-corrected chi connectivity index (χ0v) is 11.0. The topological polar surface area (TPSA) is 121 Å². The maximum absolute atomic E-state index is 9.09. The van der Waals surface area contributed by atoms with Crippen molar-refractivity contribution in [3.05, 3.63) is 0 Å². The minimum absolute atomic E-state index is 0. The third-order valence-corrected chi connectivity index (χ3v) is 1.00. The third-order valence-electron chi connectivity index (χ3n) is 0.111. The van der Waals surface area contributed by atoms with E-state index in [0.29, 0.717) is 0 Å². The maximum Gasteiger partial charge on any atom is 1.00 e. The fourth-order valence-corrected chi connectivity index (χ4v) is 0. The Bertz CT molecular complexity index is 79.7. The van der Waals surface area contributed by atoms with E-state index < -0.39 is 20.2 Å². The summed E-state index contributed by atoms with van der Waals surface area (Å²) in [6, 6.07) is 0. The van der Waals surface area contributed by atoms with Crippen LogP contribution < -0.4 is 59.1 Å². The van der Waals surface area contributed by atoms with Crippen molar-refractivity contribution in [2.45, 2.75) is 0 Å². The van der Waals surface area contributed by atoms with Gasteiger partial charge in [0.05, 0.1) is 0 Å². The molecule has 0 amide bonds. The summed E-state index contributed by atoms with van der Waals surface area (Å²) in [5.41, 5.74) is 0. The van der Waals surface area contributed by atoms with Crippen molar-refractivity contribution >= 4 is 20.2 Å². The SMILES string of the molecule is O=S([O-])S(=O)[O-].OO.[Na+].[Na+]. The fourth-order valence-electron chi connectivity index (χ4n) is 0. The van der Waals surface area contributed by atoms with Gasteiger partial charge in [-0.2, -0.15) is 0 Å². The average molecular weight is 208 g/mol. The molecule has 0 aromatic rings. The zero-order chi connectivity index (χ0) is 7.15. The van der Waals surface area contributed by atoms with Crippen LogP contribution in [0.25, 0.3) is 0 Å². The van der Waals surface area contributed by atoms with Gasteiger partial charge in [0, 0.05) is 20.2 Å². The summed E-state index contributed by atoms with van der Waals surface area (Å²) in [7, 11) is -5.90. The van der Waals surface area contributed by atoms with Crippen LogP contribution in [-0.4, -0.2) is 28.0 Å². The van der Waals surface area contributed by atoms with Gasteiger partial charge in [0.25, 0.3) is 0 Å². The van der Waals surface area contributed by atoms with Crippen molar-refractivity contribution in [2.75, 3.05) is 0 Å². The van der Waals surface area contributed by atoms with E-state index >= 15 is 0 Å². The molecule has 0 radical (unpaired) electrons. The van der Waals surface area contributed by atoms with Crippen LogP contribution >= 0.6 is 0 Å². The van der Waals surface area contributed by atoms with Gasteiger partial charge in [0.2, 0.25) is 0 Å². The van der Waals surface area contributed by atoms with Crippen molar-refractivity contribution in [1.82, 2.24) is 0 Å². The van der Waals surface area contributed by atoms with E-state index in [-0.39, 0.29) is 59.1 Å². The summed E-state index contributed by atoms with van der Waals surface area (Å²) in [5, 5.41) is 12.0. The molecule has 0 fully saturated rings. The van der Waals surface area contributed by atoms with Crippen molar-refractivity contribution < 1.29 is 87.2 Å². The van der Waals surface area contributed by atoms with Crippen molar-refractivity contribution in [1.29, 1.82) is 0 Å². The van der Waals surface area contributed by atoms with Crippen LogP contribution in [0.3, 0.4) is 0 Å². The number of hydrogen-bond donors (Lipinski definition) is 2. The predicted octanol–water partition coefficient (Wildman–Crippen LogP) is -7.31. The van der Waals surface area contributed by atoms with Gasteiger partial charge in [-0.15, -0.1) is 0 Å². The summed E-state index contributed by atoms with van der Waals surface area (Å²) in [5.74, 6) is 0. The Morgan fingerprint density at radius 3 is 1.00 bits per heavy atom. The first-order chi connectivity index (χ1) is 3.64. The molecule has 0 aliphatic rings. The van der Waals surface area contributed by atoms with E-state index in [2.05, 4.69) is 0 Å². The van der Waals surface area contributed by atoms with Crippen LogP contribution in [0.1, 0.15) is 0 Å². The molecule has 10 heteroatoms. The van der Waals surface area contributed by atoms with Gasteiger partial charge in [-0.05, 0) is 0 Å². The standard InChI is InChI=1S/2Na.H2O4S2.H2O2/c;;1-5(2)6(3)4;1-2/h;;(H,1,2)(H,3,4);1-2H/q2*+1;;/p-2. The molecule has 0 spiro atoms. The van der Waals surface area contributed by atoms with Crippen LogP contribution in [0.4, 0.5) is 0 Å². The second-order valence-electron chi connectivity index (χ2n) is 0.408. The van der Waals surface area contributed by atoms with Crippen LogP contribution in [0.5, 0.6) is 0 Å².